The molecule has 3 rings (SSSR count). The summed E-state index contributed by atoms with van der Waals surface area (Å²) >= 11 is 0. The number of aromatic hydroxyl groups is 6. The van der Waals surface area contributed by atoms with E-state index in [2.05, 4.69) is 0 Å². The van der Waals surface area contributed by atoms with Crippen LogP contribution in [0.2, 0.25) is 0 Å². The van der Waals surface area contributed by atoms with E-state index in [1.54, 1.807) is 0 Å². The summed E-state index contributed by atoms with van der Waals surface area (Å²) in [5.74, 6) is -7.23. The van der Waals surface area contributed by atoms with E-state index in [1.165, 1.54) is 0 Å². The van der Waals surface area contributed by atoms with Crippen molar-refractivity contribution in [3.8, 4) is 34.5 Å². The van der Waals surface area contributed by atoms with Crippen molar-refractivity contribution in [2.75, 3.05) is 6.61 Å². The number of aliphatic hydroxyl groups is 2. The molecule has 0 spiro atoms. The van der Waals surface area contributed by atoms with E-state index in [0.29, 0.717) is 0 Å². The van der Waals surface area contributed by atoms with Gasteiger partial charge in [-0.3, -0.25) is 0 Å². The van der Waals surface area contributed by atoms with Gasteiger partial charge in [0.2, 0.25) is 6.29 Å². The SMILES string of the molecule is O=C(OC1COC(OC(=O)c2cc(O)c(O)c(O)c2)C(O)C1O)c1cc(O)c(O)c(O)c1. The highest BCUT2D eigenvalue weighted by Crippen LogP contribution is 2.37. The minimum atomic E-state index is -1.88. The Morgan fingerprint density at radius 2 is 1.12 bits per heavy atom. The fourth-order valence-electron chi connectivity index (χ4n) is 2.80. The molecule has 4 unspecified atom stereocenters. The van der Waals surface area contributed by atoms with Crippen LogP contribution in [0.4, 0.5) is 0 Å². The summed E-state index contributed by atoms with van der Waals surface area (Å²) in [4.78, 5) is 24.4. The van der Waals surface area contributed by atoms with Gasteiger partial charge in [0.1, 0.15) is 12.2 Å². The van der Waals surface area contributed by atoms with Crippen LogP contribution in [0.1, 0.15) is 20.7 Å². The monoisotopic (exact) mass is 454 g/mol. The van der Waals surface area contributed by atoms with Gasteiger partial charge in [-0.2, -0.15) is 0 Å². The van der Waals surface area contributed by atoms with Crippen molar-refractivity contribution in [2.45, 2.75) is 24.6 Å². The predicted molar refractivity (Wildman–Crippen MR) is 99.2 cm³/mol. The first-order chi connectivity index (χ1) is 15.0. The Bertz CT molecular complexity index is 920. The third-order valence-corrected chi connectivity index (χ3v) is 4.53. The summed E-state index contributed by atoms with van der Waals surface area (Å²) in [7, 11) is 0. The molecule has 13 heteroatoms. The lowest BCUT2D eigenvalue weighted by atomic mass is 10.0. The third-order valence-electron chi connectivity index (χ3n) is 4.53. The Morgan fingerprint density at radius 1 is 0.719 bits per heavy atom. The maximum atomic E-state index is 12.2. The molecule has 0 aliphatic carbocycles. The van der Waals surface area contributed by atoms with Crippen molar-refractivity contribution >= 4 is 11.9 Å². The molecule has 2 aromatic carbocycles. The fraction of sp³-hybridized carbons (Fsp3) is 0.263. The molecule has 1 heterocycles. The lowest BCUT2D eigenvalue weighted by molar-refractivity contribution is -0.251. The average Bonchev–Trinajstić information content (AvgIpc) is 2.74. The molecular weight excluding hydrogens is 436 g/mol. The lowest BCUT2D eigenvalue weighted by Gasteiger charge is -2.36. The molecule has 1 fully saturated rings. The molecule has 8 N–H and O–H groups in total. The second-order valence-corrected chi connectivity index (χ2v) is 6.76. The van der Waals surface area contributed by atoms with Crippen LogP contribution in [-0.2, 0) is 14.2 Å². The Hall–Kier alpha value is -3.94. The number of benzene rings is 2. The van der Waals surface area contributed by atoms with Gasteiger partial charge in [-0.05, 0) is 24.3 Å². The zero-order valence-corrected chi connectivity index (χ0v) is 15.9. The average molecular weight is 454 g/mol. The normalized spacial score (nSPS) is 22.8. The van der Waals surface area contributed by atoms with Crippen LogP contribution >= 0.6 is 0 Å². The molecule has 13 nitrogen and oxygen atoms in total. The number of hydrogen-bond donors (Lipinski definition) is 8. The van der Waals surface area contributed by atoms with Crippen LogP contribution in [-0.4, -0.2) is 84.0 Å². The van der Waals surface area contributed by atoms with E-state index in [0.717, 1.165) is 24.3 Å². The lowest BCUT2D eigenvalue weighted by Crippen LogP contribution is -2.55. The van der Waals surface area contributed by atoms with Crippen molar-refractivity contribution in [1.82, 2.24) is 0 Å². The van der Waals surface area contributed by atoms with Crippen molar-refractivity contribution in [2.24, 2.45) is 0 Å². The van der Waals surface area contributed by atoms with E-state index in [1.807, 2.05) is 0 Å². The van der Waals surface area contributed by atoms with Crippen LogP contribution in [0.15, 0.2) is 24.3 Å². The summed E-state index contributed by atoms with van der Waals surface area (Å²) in [5, 5.41) is 76.9. The van der Waals surface area contributed by atoms with Crippen LogP contribution in [0.5, 0.6) is 34.5 Å². The van der Waals surface area contributed by atoms with Gasteiger partial charge in [0.25, 0.3) is 0 Å². The Morgan fingerprint density at radius 3 is 1.56 bits per heavy atom. The minimum absolute atomic E-state index is 0.375. The van der Waals surface area contributed by atoms with E-state index in [4.69, 9.17) is 14.2 Å². The Kier molecular flexibility index (Phi) is 6.16. The third kappa shape index (κ3) is 4.39. The smallest absolute Gasteiger partial charge is 0.340 e. The second-order valence-electron chi connectivity index (χ2n) is 6.76. The number of hydrogen-bond acceptors (Lipinski definition) is 13. The minimum Gasteiger partial charge on any atom is -0.504 e. The molecule has 4 atom stereocenters. The summed E-state index contributed by atoms with van der Waals surface area (Å²) in [6, 6.07) is 3.18. The number of phenols is 6. The highest BCUT2D eigenvalue weighted by molar-refractivity contribution is 5.91. The predicted octanol–water partition coefficient (Wildman–Crippen LogP) is -0.619. The van der Waals surface area contributed by atoms with Crippen molar-refractivity contribution in [3.05, 3.63) is 35.4 Å². The molecule has 0 bridgehead atoms. The molecule has 0 amide bonds. The molecule has 1 saturated heterocycles. The number of esters is 2. The molecule has 1 aliphatic rings. The van der Waals surface area contributed by atoms with Gasteiger partial charge < -0.3 is 55.1 Å². The van der Waals surface area contributed by atoms with E-state index >= 15 is 0 Å². The van der Waals surface area contributed by atoms with Gasteiger partial charge in [-0.15, -0.1) is 0 Å². The van der Waals surface area contributed by atoms with E-state index in [9.17, 15) is 50.4 Å². The van der Waals surface area contributed by atoms with Gasteiger partial charge in [0.05, 0.1) is 17.7 Å². The largest absolute Gasteiger partial charge is 0.504 e. The zero-order valence-electron chi connectivity index (χ0n) is 15.9. The van der Waals surface area contributed by atoms with Crippen molar-refractivity contribution in [3.63, 3.8) is 0 Å². The standard InChI is InChI=1S/C19H18O13/c20-8-1-6(2-9(21)13(8)24)17(28)31-12-5-30-19(16(27)15(12)26)32-18(29)7-3-10(22)14(25)11(23)4-7/h1-4,12,15-16,19-27H,5H2. The van der Waals surface area contributed by atoms with Crippen molar-refractivity contribution < 1.29 is 64.7 Å². The number of carbonyl (C=O) groups is 2. The highest BCUT2D eigenvalue weighted by atomic mass is 16.7. The van der Waals surface area contributed by atoms with E-state index < -0.39 is 83.2 Å². The molecule has 0 radical (unpaired) electrons. The summed E-state index contributed by atoms with van der Waals surface area (Å²) < 4.78 is 15.0. The first-order valence-corrected chi connectivity index (χ1v) is 8.89. The van der Waals surface area contributed by atoms with Gasteiger partial charge >= 0.3 is 11.9 Å². The summed E-state index contributed by atoms with van der Waals surface area (Å²) in [6.07, 6.45) is -6.82. The molecule has 172 valence electrons. The summed E-state index contributed by atoms with van der Waals surface area (Å²) in [6.45, 7) is -0.538. The number of carbonyl (C=O) groups excluding carboxylic acids is 2. The Balaban J connectivity index is 1.65. The second kappa shape index (κ2) is 8.66. The van der Waals surface area contributed by atoms with Gasteiger partial charge in [-0.25, -0.2) is 9.59 Å². The molecule has 0 aromatic heterocycles. The number of rotatable bonds is 4. The van der Waals surface area contributed by atoms with Gasteiger partial charge in [-0.1, -0.05) is 0 Å². The topological polar surface area (TPSA) is 224 Å². The Labute approximate surface area is 178 Å². The maximum absolute atomic E-state index is 12.2. The quantitative estimate of drug-likeness (QED) is 0.213. The van der Waals surface area contributed by atoms with Gasteiger partial charge in [0.15, 0.2) is 40.6 Å². The van der Waals surface area contributed by atoms with Crippen LogP contribution < -0.4 is 0 Å². The van der Waals surface area contributed by atoms with Gasteiger partial charge in [0, 0.05) is 0 Å². The number of aliphatic hydroxyl groups excluding tert-OH is 2. The van der Waals surface area contributed by atoms with Crippen molar-refractivity contribution in [1.29, 1.82) is 0 Å². The maximum Gasteiger partial charge on any atom is 0.340 e. The van der Waals surface area contributed by atoms with Crippen LogP contribution in [0, 0.1) is 0 Å². The molecule has 2 aromatic rings. The zero-order chi connectivity index (χ0) is 23.7. The fourth-order valence-corrected chi connectivity index (χ4v) is 2.80. The summed E-state index contributed by atoms with van der Waals surface area (Å²) in [5.41, 5.74) is -0.774. The van der Waals surface area contributed by atoms with Crippen LogP contribution in [0.25, 0.3) is 0 Å². The number of ether oxygens (including phenoxy) is 3. The van der Waals surface area contributed by atoms with Crippen LogP contribution in [0.3, 0.4) is 0 Å². The first kappa shape index (κ1) is 22.7. The molecular formula is C19H18O13. The van der Waals surface area contributed by atoms with E-state index in [-0.39, 0.29) is 5.56 Å². The molecule has 32 heavy (non-hydrogen) atoms. The first-order valence-electron chi connectivity index (χ1n) is 8.89. The molecule has 1 aliphatic heterocycles. The number of phenolic OH excluding ortho intramolecular Hbond substituents is 6. The highest BCUT2D eigenvalue weighted by Gasteiger charge is 2.43. The molecule has 0 saturated carbocycles.